The predicted octanol–water partition coefficient (Wildman–Crippen LogP) is 3.33. The maximum Gasteiger partial charge on any atom is 0.251 e. The monoisotopic (exact) mass is 392 g/mol. The molecule has 0 fully saturated rings. The summed E-state index contributed by atoms with van der Waals surface area (Å²) in [5, 5.41) is 12.5. The predicted molar refractivity (Wildman–Crippen MR) is 113 cm³/mol. The van der Waals surface area contributed by atoms with Crippen molar-refractivity contribution >= 4 is 28.0 Å². The van der Waals surface area contributed by atoms with E-state index in [1.807, 2.05) is 47.1 Å². The third-order valence-corrected chi connectivity index (χ3v) is 5.44. The number of hydrogen-bond donors (Lipinski definition) is 1. The van der Waals surface area contributed by atoms with E-state index in [-0.39, 0.29) is 5.91 Å². The number of benzene rings is 2. The van der Waals surface area contributed by atoms with Crippen LogP contribution >= 0.6 is 0 Å². The molecule has 3 aromatic heterocycles. The van der Waals surface area contributed by atoms with Crippen LogP contribution in [0.5, 0.6) is 0 Å². The van der Waals surface area contributed by atoms with E-state index in [1.54, 1.807) is 6.20 Å². The Bertz CT molecular complexity index is 1460. The van der Waals surface area contributed by atoms with Crippen molar-refractivity contribution in [3.63, 3.8) is 0 Å². The average Bonchev–Trinajstić information content (AvgIpc) is 3.36. The molecule has 1 aliphatic rings. The molecule has 1 amide bonds. The lowest BCUT2D eigenvalue weighted by Crippen LogP contribution is -2.12. The van der Waals surface area contributed by atoms with E-state index in [0.717, 1.165) is 50.0 Å². The minimum absolute atomic E-state index is 0.0205. The summed E-state index contributed by atoms with van der Waals surface area (Å²) in [6, 6.07) is 19.9. The number of pyridine rings is 2. The van der Waals surface area contributed by atoms with Crippen LogP contribution in [0.15, 0.2) is 66.9 Å². The smallest absolute Gasteiger partial charge is 0.251 e. The fourth-order valence-corrected chi connectivity index (χ4v) is 3.91. The lowest BCUT2D eigenvalue weighted by atomic mass is 10.0. The van der Waals surface area contributed by atoms with Crippen molar-refractivity contribution in [1.29, 1.82) is 0 Å². The quantitative estimate of drug-likeness (QED) is 0.509. The van der Waals surface area contributed by atoms with Gasteiger partial charge in [0.05, 0.1) is 17.8 Å². The van der Waals surface area contributed by atoms with E-state index in [2.05, 4.69) is 38.8 Å². The summed E-state index contributed by atoms with van der Waals surface area (Å²) in [5.74, 6) is -0.0205. The maximum atomic E-state index is 11.8. The molecule has 30 heavy (non-hydrogen) atoms. The zero-order valence-corrected chi connectivity index (χ0v) is 15.9. The molecule has 5 aromatic rings. The Morgan fingerprint density at radius 1 is 1.00 bits per heavy atom. The van der Waals surface area contributed by atoms with E-state index >= 15 is 0 Å². The largest absolute Gasteiger partial charge is 0.348 e. The second kappa shape index (κ2) is 6.45. The molecule has 0 radical (unpaired) electrons. The minimum Gasteiger partial charge on any atom is -0.348 e. The third-order valence-electron chi connectivity index (χ3n) is 5.44. The summed E-state index contributed by atoms with van der Waals surface area (Å²) in [5.41, 5.74) is 7.08. The first kappa shape index (κ1) is 16.8. The van der Waals surface area contributed by atoms with Crippen molar-refractivity contribution in [2.45, 2.75) is 13.1 Å². The number of amides is 1. The Labute approximate surface area is 171 Å². The number of rotatable bonds is 3. The zero-order valence-electron chi connectivity index (χ0n) is 15.9. The Morgan fingerprint density at radius 3 is 2.90 bits per heavy atom. The van der Waals surface area contributed by atoms with Gasteiger partial charge in [-0.3, -0.25) is 9.78 Å². The van der Waals surface area contributed by atoms with Gasteiger partial charge in [0.1, 0.15) is 5.52 Å². The number of fused-ring (bicyclic) bond motifs is 3. The second-order valence-electron chi connectivity index (χ2n) is 7.37. The SMILES string of the molecule is O=C1NCc2cc(-c3ccc4nnn(Cc5ccc6ncccc6c5)c4n3)ccc21. The molecule has 0 saturated heterocycles. The van der Waals surface area contributed by atoms with Crippen LogP contribution in [-0.4, -0.2) is 30.9 Å². The van der Waals surface area contributed by atoms with Gasteiger partial charge in [-0.2, -0.15) is 0 Å². The lowest BCUT2D eigenvalue weighted by molar-refractivity contribution is 0.0966. The molecule has 0 atom stereocenters. The molecule has 4 heterocycles. The minimum atomic E-state index is -0.0205. The van der Waals surface area contributed by atoms with Crippen LogP contribution in [0.25, 0.3) is 33.3 Å². The summed E-state index contributed by atoms with van der Waals surface area (Å²) >= 11 is 0. The molecule has 144 valence electrons. The highest BCUT2D eigenvalue weighted by Crippen LogP contribution is 2.25. The average molecular weight is 392 g/mol. The molecule has 0 bridgehead atoms. The topological polar surface area (TPSA) is 85.6 Å². The first-order valence-electron chi connectivity index (χ1n) is 9.70. The van der Waals surface area contributed by atoms with Gasteiger partial charge in [-0.15, -0.1) is 5.10 Å². The fraction of sp³-hybridized carbons (Fsp3) is 0.0870. The Balaban J connectivity index is 1.38. The molecule has 1 N–H and O–H groups in total. The van der Waals surface area contributed by atoms with Gasteiger partial charge in [0.25, 0.3) is 5.91 Å². The van der Waals surface area contributed by atoms with E-state index < -0.39 is 0 Å². The van der Waals surface area contributed by atoms with E-state index in [0.29, 0.717) is 13.1 Å². The van der Waals surface area contributed by atoms with Gasteiger partial charge in [-0.25, -0.2) is 9.67 Å². The molecule has 0 unspecified atom stereocenters. The van der Waals surface area contributed by atoms with Crippen LogP contribution in [0, 0.1) is 0 Å². The van der Waals surface area contributed by atoms with Gasteiger partial charge in [-0.1, -0.05) is 23.4 Å². The van der Waals surface area contributed by atoms with Crippen LogP contribution in [0.4, 0.5) is 0 Å². The second-order valence-corrected chi connectivity index (χ2v) is 7.37. The third kappa shape index (κ3) is 2.71. The summed E-state index contributed by atoms with van der Waals surface area (Å²) in [6.45, 7) is 1.13. The summed E-state index contributed by atoms with van der Waals surface area (Å²) < 4.78 is 1.81. The Kier molecular flexibility index (Phi) is 3.61. The van der Waals surface area contributed by atoms with Gasteiger partial charge >= 0.3 is 0 Å². The molecular formula is C23H16N6O. The molecule has 7 nitrogen and oxygen atoms in total. The van der Waals surface area contributed by atoms with Crippen molar-refractivity contribution in [3.05, 3.63) is 83.6 Å². The molecular weight excluding hydrogens is 376 g/mol. The normalized spacial score (nSPS) is 13.0. The number of nitrogens with zero attached hydrogens (tertiary/aromatic N) is 5. The number of carbonyl (C=O) groups is 1. The van der Waals surface area contributed by atoms with E-state index in [1.165, 1.54) is 0 Å². The molecule has 0 aliphatic carbocycles. The number of nitrogens with one attached hydrogen (secondary N) is 1. The van der Waals surface area contributed by atoms with E-state index in [9.17, 15) is 4.79 Å². The fourth-order valence-electron chi connectivity index (χ4n) is 3.91. The molecule has 0 saturated carbocycles. The maximum absolute atomic E-state index is 11.8. The molecule has 2 aromatic carbocycles. The van der Waals surface area contributed by atoms with Crippen molar-refractivity contribution in [2.24, 2.45) is 0 Å². The van der Waals surface area contributed by atoms with Crippen molar-refractivity contribution < 1.29 is 4.79 Å². The summed E-state index contributed by atoms with van der Waals surface area (Å²) in [4.78, 5) is 21.0. The molecule has 7 heteroatoms. The number of hydrogen-bond acceptors (Lipinski definition) is 5. The lowest BCUT2D eigenvalue weighted by Gasteiger charge is -2.06. The highest BCUT2D eigenvalue weighted by Gasteiger charge is 2.19. The van der Waals surface area contributed by atoms with Crippen LogP contribution in [0.1, 0.15) is 21.5 Å². The highest BCUT2D eigenvalue weighted by molar-refractivity contribution is 5.98. The summed E-state index contributed by atoms with van der Waals surface area (Å²) in [7, 11) is 0. The highest BCUT2D eigenvalue weighted by atomic mass is 16.1. The van der Waals surface area contributed by atoms with Gasteiger partial charge < -0.3 is 5.32 Å². The molecule has 1 aliphatic heterocycles. The van der Waals surface area contributed by atoms with Gasteiger partial charge in [0.2, 0.25) is 0 Å². The molecule has 0 spiro atoms. The van der Waals surface area contributed by atoms with Gasteiger partial charge in [-0.05, 0) is 53.6 Å². The first-order valence-corrected chi connectivity index (χ1v) is 9.70. The molecule has 6 rings (SSSR count). The van der Waals surface area contributed by atoms with Crippen LogP contribution < -0.4 is 5.32 Å². The number of carbonyl (C=O) groups excluding carboxylic acids is 1. The Hall–Kier alpha value is -4.13. The van der Waals surface area contributed by atoms with Gasteiger partial charge in [0, 0.05) is 29.3 Å². The van der Waals surface area contributed by atoms with Crippen molar-refractivity contribution in [2.75, 3.05) is 0 Å². The Morgan fingerprint density at radius 2 is 1.93 bits per heavy atom. The van der Waals surface area contributed by atoms with Crippen molar-refractivity contribution in [1.82, 2.24) is 30.3 Å². The number of aromatic nitrogens is 5. The van der Waals surface area contributed by atoms with Crippen LogP contribution in [0.3, 0.4) is 0 Å². The van der Waals surface area contributed by atoms with Crippen LogP contribution in [-0.2, 0) is 13.1 Å². The standard InChI is InChI=1S/C23H16N6O/c30-23-18-5-4-16(11-17(18)12-25-23)20-7-8-21-22(26-20)29(28-27-21)13-14-3-6-19-15(10-14)2-1-9-24-19/h1-11H,12-13H2,(H,25,30). The van der Waals surface area contributed by atoms with E-state index in [4.69, 9.17) is 4.98 Å². The van der Waals surface area contributed by atoms with Crippen molar-refractivity contribution in [3.8, 4) is 11.3 Å². The van der Waals surface area contributed by atoms with Crippen LogP contribution in [0.2, 0.25) is 0 Å². The first-order chi connectivity index (χ1) is 14.7. The summed E-state index contributed by atoms with van der Waals surface area (Å²) in [6.07, 6.45) is 1.79. The zero-order chi connectivity index (χ0) is 20.1. The van der Waals surface area contributed by atoms with Gasteiger partial charge in [0.15, 0.2) is 5.65 Å².